The third kappa shape index (κ3) is 6.19. The molecule has 1 aliphatic rings. The molecule has 1 saturated heterocycles. The van der Waals surface area contributed by atoms with E-state index in [4.69, 9.17) is 32.8 Å². The lowest BCUT2D eigenvalue weighted by molar-refractivity contribution is -0.282. The molecule has 0 amide bonds. The van der Waals surface area contributed by atoms with Crippen molar-refractivity contribution in [3.8, 4) is 5.75 Å². The maximum Gasteiger partial charge on any atom is 0.339 e. The second kappa shape index (κ2) is 11.2. The van der Waals surface area contributed by atoms with Crippen molar-refractivity contribution in [2.75, 3.05) is 6.61 Å². The summed E-state index contributed by atoms with van der Waals surface area (Å²) in [6.45, 7) is 6.56. The molecular weight excluding hydrogens is 480 g/mol. The van der Waals surface area contributed by atoms with Crippen LogP contribution < -0.4 is 10.4 Å². The highest BCUT2D eigenvalue weighted by atomic mass is 16.7. The molecular formula is C24H26O12. The van der Waals surface area contributed by atoms with Gasteiger partial charge in [-0.25, -0.2) is 9.59 Å². The lowest BCUT2D eigenvalue weighted by Crippen LogP contribution is -2.64. The Balaban J connectivity index is 2.06. The fourth-order valence-electron chi connectivity index (χ4n) is 3.80. The number of carbonyl (C=O) groups excluding carboxylic acids is 4. The van der Waals surface area contributed by atoms with Gasteiger partial charge in [-0.15, -0.1) is 0 Å². The minimum Gasteiger partial charge on any atom is -0.464 e. The van der Waals surface area contributed by atoms with Crippen molar-refractivity contribution < 1.29 is 52.0 Å². The normalized spacial score (nSPS) is 23.4. The largest absolute Gasteiger partial charge is 0.464 e. The molecule has 1 fully saturated rings. The molecule has 0 saturated carbocycles. The molecule has 3 rings (SSSR count). The van der Waals surface area contributed by atoms with Gasteiger partial charge in [0.25, 0.3) is 0 Å². The Bertz CT molecular complexity index is 1220. The van der Waals surface area contributed by atoms with Crippen molar-refractivity contribution in [2.45, 2.75) is 65.3 Å². The molecule has 1 aromatic heterocycles. The molecule has 0 N–H and O–H groups in total. The molecule has 0 aliphatic carbocycles. The standard InChI is InChI=1S/C24H26O12/c1-6-30-23(29)21-19(31-12(3)25)20(32-13(4)26)22(33-14(5)27)24(36-21)34-15-7-8-16-11(2)9-18(28)35-17(16)10-15/h7-10,19-22,24H,6H2,1-5H3/t19-,20?,21?,22?,24+/m0/s1. The number of hydrogen-bond acceptors (Lipinski definition) is 12. The molecule has 5 atom stereocenters. The first-order chi connectivity index (χ1) is 17.0. The number of aryl methyl sites for hydroxylation is 1. The Morgan fingerprint density at radius 1 is 0.889 bits per heavy atom. The Hall–Kier alpha value is -3.93. The summed E-state index contributed by atoms with van der Waals surface area (Å²) in [5.41, 5.74) is 0.333. The van der Waals surface area contributed by atoms with E-state index in [9.17, 15) is 24.0 Å². The van der Waals surface area contributed by atoms with E-state index in [0.29, 0.717) is 10.9 Å². The number of carbonyl (C=O) groups is 4. The van der Waals surface area contributed by atoms with E-state index in [0.717, 1.165) is 20.8 Å². The SMILES string of the molecule is CCOC(=O)C1O[C@@H](Oc2ccc3c(C)cc(=O)oc3c2)C(OC(C)=O)C(OC(C)=O)[C@@H]1OC(C)=O. The van der Waals surface area contributed by atoms with Gasteiger partial charge in [-0.2, -0.15) is 0 Å². The van der Waals surface area contributed by atoms with Crippen LogP contribution in [0, 0.1) is 6.92 Å². The van der Waals surface area contributed by atoms with Gasteiger partial charge in [0.2, 0.25) is 12.4 Å². The van der Waals surface area contributed by atoms with E-state index in [1.807, 2.05) is 0 Å². The van der Waals surface area contributed by atoms with Crippen LogP contribution in [0.25, 0.3) is 11.0 Å². The fourth-order valence-corrected chi connectivity index (χ4v) is 3.80. The Morgan fingerprint density at radius 3 is 2.11 bits per heavy atom. The lowest BCUT2D eigenvalue weighted by Gasteiger charge is -2.43. The van der Waals surface area contributed by atoms with Gasteiger partial charge in [-0.1, -0.05) is 0 Å². The summed E-state index contributed by atoms with van der Waals surface area (Å²) in [7, 11) is 0. The molecule has 194 valence electrons. The molecule has 0 bridgehead atoms. The Kier molecular flexibility index (Phi) is 8.30. The number of ether oxygens (including phenoxy) is 6. The molecule has 12 nitrogen and oxygen atoms in total. The maximum atomic E-state index is 12.7. The van der Waals surface area contributed by atoms with Crippen molar-refractivity contribution >= 4 is 34.8 Å². The first kappa shape index (κ1) is 26.7. The number of fused-ring (bicyclic) bond motifs is 1. The van der Waals surface area contributed by atoms with E-state index in [2.05, 4.69) is 0 Å². The summed E-state index contributed by atoms with van der Waals surface area (Å²) in [5.74, 6) is -3.20. The third-order valence-electron chi connectivity index (χ3n) is 5.10. The average molecular weight is 506 g/mol. The van der Waals surface area contributed by atoms with Crippen LogP contribution in [-0.4, -0.2) is 61.2 Å². The zero-order valence-electron chi connectivity index (χ0n) is 20.3. The first-order valence-corrected chi connectivity index (χ1v) is 11.0. The first-order valence-electron chi connectivity index (χ1n) is 11.0. The highest BCUT2D eigenvalue weighted by Gasteiger charge is 2.55. The Morgan fingerprint density at radius 2 is 1.50 bits per heavy atom. The molecule has 2 heterocycles. The fraction of sp³-hybridized carbons (Fsp3) is 0.458. The lowest BCUT2D eigenvalue weighted by atomic mass is 9.97. The van der Waals surface area contributed by atoms with Crippen molar-refractivity contribution in [2.24, 2.45) is 0 Å². The van der Waals surface area contributed by atoms with Crippen LogP contribution >= 0.6 is 0 Å². The van der Waals surface area contributed by atoms with Gasteiger partial charge in [0.1, 0.15) is 11.3 Å². The molecule has 36 heavy (non-hydrogen) atoms. The number of rotatable bonds is 7. The molecule has 2 aromatic rings. The minimum atomic E-state index is -1.59. The predicted octanol–water partition coefficient (Wildman–Crippen LogP) is 1.56. The highest BCUT2D eigenvalue weighted by molar-refractivity contribution is 5.81. The second-order valence-electron chi connectivity index (χ2n) is 7.92. The maximum absolute atomic E-state index is 12.7. The van der Waals surface area contributed by atoms with Crippen molar-refractivity contribution in [3.63, 3.8) is 0 Å². The van der Waals surface area contributed by atoms with Gasteiger partial charge >= 0.3 is 29.5 Å². The van der Waals surface area contributed by atoms with Crippen molar-refractivity contribution in [1.82, 2.24) is 0 Å². The molecule has 1 aromatic carbocycles. The van der Waals surface area contributed by atoms with Crippen LogP contribution in [0.15, 0.2) is 33.5 Å². The summed E-state index contributed by atoms with van der Waals surface area (Å²) >= 11 is 0. The van der Waals surface area contributed by atoms with Gasteiger partial charge in [0, 0.05) is 38.3 Å². The second-order valence-corrected chi connectivity index (χ2v) is 7.92. The Labute approximate surface area is 205 Å². The highest BCUT2D eigenvalue weighted by Crippen LogP contribution is 2.32. The average Bonchev–Trinajstić information content (AvgIpc) is 2.76. The van der Waals surface area contributed by atoms with Gasteiger partial charge in [-0.05, 0) is 31.5 Å². The van der Waals surface area contributed by atoms with Crippen molar-refractivity contribution in [3.05, 3.63) is 40.2 Å². The van der Waals surface area contributed by atoms with Gasteiger partial charge in [-0.3, -0.25) is 14.4 Å². The quantitative estimate of drug-likeness (QED) is 0.304. The summed E-state index contributed by atoms with van der Waals surface area (Å²) in [6, 6.07) is 5.94. The van der Waals surface area contributed by atoms with E-state index >= 15 is 0 Å². The molecule has 3 unspecified atom stereocenters. The zero-order valence-corrected chi connectivity index (χ0v) is 20.3. The van der Waals surface area contributed by atoms with Crippen LogP contribution in [-0.2, 0) is 42.9 Å². The van der Waals surface area contributed by atoms with E-state index < -0.39 is 60.2 Å². The van der Waals surface area contributed by atoms with Crippen LogP contribution in [0.4, 0.5) is 0 Å². The van der Waals surface area contributed by atoms with Crippen LogP contribution in [0.1, 0.15) is 33.3 Å². The van der Waals surface area contributed by atoms with Gasteiger partial charge in [0.05, 0.1) is 6.61 Å². The monoisotopic (exact) mass is 506 g/mol. The molecule has 0 spiro atoms. The summed E-state index contributed by atoms with van der Waals surface area (Å²) in [6.07, 6.45) is -7.55. The van der Waals surface area contributed by atoms with Crippen LogP contribution in [0.3, 0.4) is 0 Å². The summed E-state index contributed by atoms with van der Waals surface area (Å²) < 4.78 is 37.8. The summed E-state index contributed by atoms with van der Waals surface area (Å²) in [5, 5.41) is 0.653. The topological polar surface area (TPSA) is 154 Å². The van der Waals surface area contributed by atoms with Crippen LogP contribution in [0.2, 0.25) is 0 Å². The zero-order chi connectivity index (χ0) is 26.6. The van der Waals surface area contributed by atoms with Crippen LogP contribution in [0.5, 0.6) is 5.75 Å². The predicted molar refractivity (Wildman–Crippen MR) is 120 cm³/mol. The van der Waals surface area contributed by atoms with Gasteiger partial charge < -0.3 is 32.8 Å². The number of benzene rings is 1. The molecule has 1 aliphatic heterocycles. The smallest absolute Gasteiger partial charge is 0.339 e. The van der Waals surface area contributed by atoms with Crippen molar-refractivity contribution in [1.29, 1.82) is 0 Å². The van der Waals surface area contributed by atoms with E-state index in [1.54, 1.807) is 26.0 Å². The van der Waals surface area contributed by atoms with E-state index in [-0.39, 0.29) is 17.9 Å². The molecule has 0 radical (unpaired) electrons. The van der Waals surface area contributed by atoms with Gasteiger partial charge in [0.15, 0.2) is 18.3 Å². The number of esters is 4. The summed E-state index contributed by atoms with van der Waals surface area (Å²) in [4.78, 5) is 60.1. The van der Waals surface area contributed by atoms with E-state index in [1.165, 1.54) is 12.1 Å². The minimum absolute atomic E-state index is 0.0221. The number of hydrogen-bond donors (Lipinski definition) is 0. The molecule has 12 heteroatoms. The third-order valence-corrected chi connectivity index (χ3v) is 5.10.